The minimum Gasteiger partial charge on any atom is -0.379 e. The molecule has 0 aromatic heterocycles. The first-order valence-electron chi connectivity index (χ1n) is 10.8. The van der Waals surface area contributed by atoms with Gasteiger partial charge in [0.1, 0.15) is 0 Å². The number of amides is 1. The van der Waals surface area contributed by atoms with E-state index in [1.165, 1.54) is 0 Å². The van der Waals surface area contributed by atoms with Crippen LogP contribution in [0.2, 0.25) is 0 Å². The molecule has 8 heteroatoms. The fourth-order valence-electron chi connectivity index (χ4n) is 4.11. The fourth-order valence-corrected chi connectivity index (χ4v) is 5.18. The molecular weight excluding hydrogens is 414 g/mol. The number of morpholine rings is 1. The van der Waals surface area contributed by atoms with Gasteiger partial charge in [-0.3, -0.25) is 9.69 Å². The summed E-state index contributed by atoms with van der Waals surface area (Å²) in [4.78, 5) is 16.4. The van der Waals surface area contributed by atoms with Crippen LogP contribution < -0.4 is 9.62 Å². The number of hydrogen-bond acceptors (Lipinski definition) is 5. The monoisotopic (exact) mass is 443 g/mol. The smallest absolute Gasteiger partial charge is 0.240 e. The number of nitrogens with zero attached hydrogens (tertiary/aromatic N) is 2. The van der Waals surface area contributed by atoms with Crippen LogP contribution in [0.1, 0.15) is 30.0 Å². The highest BCUT2D eigenvalue weighted by atomic mass is 32.2. The third-order valence-electron chi connectivity index (χ3n) is 5.83. The number of sulfonamides is 1. The molecule has 0 aliphatic carbocycles. The van der Waals surface area contributed by atoms with E-state index in [0.717, 1.165) is 55.2 Å². The predicted octanol–water partition coefficient (Wildman–Crippen LogP) is 2.30. The van der Waals surface area contributed by atoms with Crippen LogP contribution in [0.4, 0.5) is 5.69 Å². The highest BCUT2D eigenvalue weighted by Gasteiger charge is 2.25. The molecule has 7 nitrogen and oxygen atoms in total. The first-order valence-corrected chi connectivity index (χ1v) is 12.3. The molecule has 0 unspecified atom stereocenters. The fraction of sp³-hybridized carbons (Fsp3) is 0.435. The van der Waals surface area contributed by atoms with Crippen molar-refractivity contribution in [3.63, 3.8) is 0 Å². The summed E-state index contributed by atoms with van der Waals surface area (Å²) >= 11 is 0. The van der Waals surface area contributed by atoms with Crippen LogP contribution in [-0.2, 0) is 39.1 Å². The zero-order chi connectivity index (χ0) is 21.8. The van der Waals surface area contributed by atoms with Crippen LogP contribution >= 0.6 is 0 Å². The molecule has 1 N–H and O–H groups in total. The number of fused-ring (bicyclic) bond motifs is 1. The Morgan fingerprint density at radius 2 is 1.84 bits per heavy atom. The lowest BCUT2D eigenvalue weighted by molar-refractivity contribution is -0.118. The number of anilines is 1. The van der Waals surface area contributed by atoms with Gasteiger partial charge in [0, 0.05) is 44.8 Å². The van der Waals surface area contributed by atoms with Crippen molar-refractivity contribution < 1.29 is 17.9 Å². The summed E-state index contributed by atoms with van der Waals surface area (Å²) in [5.41, 5.74) is 3.81. The third kappa shape index (κ3) is 5.15. The molecular formula is C23H29N3O4S. The molecule has 2 aliphatic rings. The van der Waals surface area contributed by atoms with E-state index >= 15 is 0 Å². The number of ether oxygens (including phenoxy) is 1. The molecule has 166 valence electrons. The number of carbonyl (C=O) groups is 1. The second kappa shape index (κ2) is 9.48. The van der Waals surface area contributed by atoms with Gasteiger partial charge in [0.2, 0.25) is 15.9 Å². The standard InChI is InChI=1S/C23H29N3O4S/c1-2-23(27)26-9-8-20-15-21(6-7-22(20)26)31(28,29)24-16-18-4-3-5-19(14-18)17-25-10-12-30-13-11-25/h3-7,14-15,24H,2,8-13,16-17H2,1H3. The SMILES string of the molecule is CCC(=O)N1CCc2cc(S(=O)(=O)NCc3cccc(CN4CCOCC4)c3)ccc21. The molecule has 2 aliphatic heterocycles. The van der Waals surface area contributed by atoms with Gasteiger partial charge in [-0.25, -0.2) is 13.1 Å². The zero-order valence-electron chi connectivity index (χ0n) is 17.8. The second-order valence-electron chi connectivity index (χ2n) is 7.97. The molecule has 2 aromatic rings. The highest BCUT2D eigenvalue weighted by molar-refractivity contribution is 7.89. The predicted molar refractivity (Wildman–Crippen MR) is 119 cm³/mol. The number of nitrogens with one attached hydrogen (secondary N) is 1. The molecule has 0 spiro atoms. The van der Waals surface area contributed by atoms with Gasteiger partial charge in [0.05, 0.1) is 18.1 Å². The lowest BCUT2D eigenvalue weighted by Gasteiger charge is -2.26. The normalized spacial score (nSPS) is 17.0. The number of hydrogen-bond donors (Lipinski definition) is 1. The van der Waals surface area contributed by atoms with Crippen LogP contribution in [-0.4, -0.2) is 52.1 Å². The van der Waals surface area contributed by atoms with Gasteiger partial charge >= 0.3 is 0 Å². The van der Waals surface area contributed by atoms with Crippen LogP contribution in [0.5, 0.6) is 0 Å². The Balaban J connectivity index is 1.42. The molecule has 1 saturated heterocycles. The molecule has 0 bridgehead atoms. The Morgan fingerprint density at radius 3 is 2.61 bits per heavy atom. The van der Waals surface area contributed by atoms with Crippen molar-refractivity contribution in [1.82, 2.24) is 9.62 Å². The van der Waals surface area contributed by atoms with Crippen molar-refractivity contribution in [1.29, 1.82) is 0 Å². The maximum Gasteiger partial charge on any atom is 0.240 e. The minimum absolute atomic E-state index is 0.0597. The number of carbonyl (C=O) groups excluding carboxylic acids is 1. The summed E-state index contributed by atoms with van der Waals surface area (Å²) in [6, 6.07) is 13.0. The first-order chi connectivity index (χ1) is 15.0. The molecule has 4 rings (SSSR count). The molecule has 0 radical (unpaired) electrons. The van der Waals surface area contributed by atoms with Gasteiger partial charge in [-0.1, -0.05) is 31.2 Å². The number of benzene rings is 2. The summed E-state index contributed by atoms with van der Waals surface area (Å²) < 4.78 is 33.8. The molecule has 2 heterocycles. The molecule has 1 fully saturated rings. The number of rotatable bonds is 7. The average molecular weight is 444 g/mol. The average Bonchev–Trinajstić information content (AvgIpc) is 3.22. The maximum atomic E-state index is 12.9. The Morgan fingerprint density at radius 1 is 1.06 bits per heavy atom. The van der Waals surface area contributed by atoms with Gasteiger partial charge in [0.15, 0.2) is 0 Å². The Hall–Kier alpha value is -2.26. The van der Waals surface area contributed by atoms with Crippen molar-refractivity contribution >= 4 is 21.6 Å². The van der Waals surface area contributed by atoms with Gasteiger partial charge in [0.25, 0.3) is 0 Å². The maximum absolute atomic E-state index is 12.9. The molecule has 1 amide bonds. The lowest BCUT2D eigenvalue weighted by atomic mass is 10.1. The third-order valence-corrected chi connectivity index (χ3v) is 7.23. The molecule has 0 saturated carbocycles. The van der Waals surface area contributed by atoms with E-state index in [1.54, 1.807) is 23.1 Å². The van der Waals surface area contributed by atoms with Crippen molar-refractivity contribution in [2.75, 3.05) is 37.7 Å². The zero-order valence-corrected chi connectivity index (χ0v) is 18.7. The minimum atomic E-state index is -3.64. The van der Waals surface area contributed by atoms with E-state index in [2.05, 4.69) is 21.8 Å². The van der Waals surface area contributed by atoms with Crippen LogP contribution in [0.25, 0.3) is 0 Å². The molecule has 0 atom stereocenters. The van der Waals surface area contributed by atoms with E-state index < -0.39 is 10.0 Å². The summed E-state index contributed by atoms with van der Waals surface area (Å²) in [5.74, 6) is 0.0597. The van der Waals surface area contributed by atoms with Crippen molar-refractivity contribution in [3.05, 3.63) is 59.2 Å². The van der Waals surface area contributed by atoms with E-state index in [9.17, 15) is 13.2 Å². The van der Waals surface area contributed by atoms with E-state index in [0.29, 0.717) is 19.4 Å². The summed E-state index contributed by atoms with van der Waals surface area (Å²) in [6.07, 6.45) is 1.11. The van der Waals surface area contributed by atoms with Gasteiger partial charge in [-0.2, -0.15) is 0 Å². The van der Waals surface area contributed by atoms with E-state index in [-0.39, 0.29) is 17.3 Å². The Bertz CT molecular complexity index is 1050. The Labute approximate surface area is 184 Å². The molecule has 31 heavy (non-hydrogen) atoms. The van der Waals surface area contributed by atoms with Crippen LogP contribution in [0.15, 0.2) is 47.4 Å². The summed E-state index contributed by atoms with van der Waals surface area (Å²) in [6.45, 7) is 6.84. The largest absolute Gasteiger partial charge is 0.379 e. The van der Waals surface area contributed by atoms with Gasteiger partial charge < -0.3 is 9.64 Å². The van der Waals surface area contributed by atoms with E-state index in [4.69, 9.17) is 4.74 Å². The van der Waals surface area contributed by atoms with Gasteiger partial charge in [-0.05, 0) is 41.3 Å². The van der Waals surface area contributed by atoms with Crippen LogP contribution in [0, 0.1) is 0 Å². The summed E-state index contributed by atoms with van der Waals surface area (Å²) in [7, 11) is -3.64. The quantitative estimate of drug-likeness (QED) is 0.710. The van der Waals surface area contributed by atoms with Crippen molar-refractivity contribution in [2.24, 2.45) is 0 Å². The second-order valence-corrected chi connectivity index (χ2v) is 9.74. The molecule has 2 aromatic carbocycles. The van der Waals surface area contributed by atoms with Crippen molar-refractivity contribution in [2.45, 2.75) is 37.8 Å². The lowest BCUT2D eigenvalue weighted by Crippen LogP contribution is -2.35. The van der Waals surface area contributed by atoms with Gasteiger partial charge in [-0.15, -0.1) is 0 Å². The first kappa shape index (κ1) is 22.0. The van der Waals surface area contributed by atoms with E-state index in [1.807, 2.05) is 19.1 Å². The van der Waals surface area contributed by atoms with Crippen LogP contribution in [0.3, 0.4) is 0 Å². The highest BCUT2D eigenvalue weighted by Crippen LogP contribution is 2.30. The summed E-state index contributed by atoms with van der Waals surface area (Å²) in [5, 5.41) is 0. The van der Waals surface area contributed by atoms with Crippen molar-refractivity contribution in [3.8, 4) is 0 Å². The topological polar surface area (TPSA) is 79.0 Å². The Kier molecular flexibility index (Phi) is 6.71.